The van der Waals surface area contributed by atoms with Crippen LogP contribution in [0.1, 0.15) is 0 Å². The molecule has 10 heteroatoms. The highest BCUT2D eigenvalue weighted by Gasteiger charge is 2.20. The van der Waals surface area contributed by atoms with Gasteiger partial charge in [0.15, 0.2) is 6.61 Å². The summed E-state index contributed by atoms with van der Waals surface area (Å²) in [5, 5.41) is 10.4. The molecule has 2 N–H and O–H groups in total. The van der Waals surface area contributed by atoms with Crippen LogP contribution in [-0.4, -0.2) is 71.4 Å². The zero-order chi connectivity index (χ0) is 24.1. The summed E-state index contributed by atoms with van der Waals surface area (Å²) < 4.78 is 7.65. The van der Waals surface area contributed by atoms with E-state index in [0.717, 1.165) is 24.3 Å². The van der Waals surface area contributed by atoms with Gasteiger partial charge in [0.25, 0.3) is 5.91 Å². The van der Waals surface area contributed by atoms with Crippen LogP contribution in [0.5, 0.6) is 5.75 Å². The summed E-state index contributed by atoms with van der Waals surface area (Å²) in [5.74, 6) is 0.489. The number of nitrogens with zero attached hydrogens (tertiary/aromatic N) is 4. The third kappa shape index (κ3) is 5.86. The van der Waals surface area contributed by atoms with Crippen molar-refractivity contribution in [2.75, 3.05) is 50.5 Å². The first-order valence-corrected chi connectivity index (χ1v) is 11.3. The van der Waals surface area contributed by atoms with Crippen LogP contribution in [0.2, 0.25) is 5.02 Å². The highest BCUT2D eigenvalue weighted by molar-refractivity contribution is 6.30. The maximum Gasteiger partial charge on any atom is 0.323 e. The van der Waals surface area contributed by atoms with Gasteiger partial charge in [-0.2, -0.15) is 5.10 Å². The third-order valence-electron chi connectivity index (χ3n) is 5.64. The molecule has 0 aliphatic carbocycles. The Morgan fingerprint density at radius 2 is 1.65 bits per heavy atom. The Morgan fingerprint density at radius 1 is 0.971 bits per heavy atom. The van der Waals surface area contributed by atoms with Gasteiger partial charge in [0.2, 0.25) is 0 Å². The van der Waals surface area contributed by atoms with Gasteiger partial charge < -0.3 is 25.2 Å². The van der Waals surface area contributed by atoms with Crippen molar-refractivity contribution in [3.8, 4) is 17.0 Å². The van der Waals surface area contributed by atoms with E-state index in [1.165, 1.54) is 0 Å². The van der Waals surface area contributed by atoms with Crippen molar-refractivity contribution in [2.24, 2.45) is 7.05 Å². The van der Waals surface area contributed by atoms with Crippen molar-refractivity contribution >= 4 is 34.9 Å². The molecule has 1 aliphatic rings. The molecule has 1 aromatic heterocycles. The van der Waals surface area contributed by atoms with E-state index in [9.17, 15) is 9.59 Å². The van der Waals surface area contributed by atoms with Gasteiger partial charge in [-0.25, -0.2) is 4.79 Å². The molecule has 0 radical (unpaired) electrons. The number of anilines is 2. The third-order valence-corrected chi connectivity index (χ3v) is 5.90. The van der Waals surface area contributed by atoms with Gasteiger partial charge in [-0.1, -0.05) is 11.6 Å². The van der Waals surface area contributed by atoms with E-state index in [2.05, 4.69) is 20.6 Å². The molecule has 1 aliphatic heterocycles. The lowest BCUT2D eigenvalue weighted by molar-refractivity contribution is -0.134. The average Bonchev–Trinajstić information content (AvgIpc) is 3.25. The predicted molar refractivity (Wildman–Crippen MR) is 132 cm³/mol. The average molecular weight is 483 g/mol. The lowest BCUT2D eigenvalue weighted by atomic mass is 10.1. The molecular weight excluding hydrogens is 456 g/mol. The number of carbonyl (C=O) groups is 2. The number of halogens is 1. The highest BCUT2D eigenvalue weighted by Crippen LogP contribution is 2.32. The van der Waals surface area contributed by atoms with E-state index in [-0.39, 0.29) is 12.5 Å². The fourth-order valence-electron chi connectivity index (χ4n) is 3.69. The molecule has 0 spiro atoms. The van der Waals surface area contributed by atoms with E-state index in [1.807, 2.05) is 25.1 Å². The Labute approximate surface area is 203 Å². The first-order chi connectivity index (χ1) is 16.4. The second kappa shape index (κ2) is 10.6. The first kappa shape index (κ1) is 23.6. The van der Waals surface area contributed by atoms with Crippen molar-refractivity contribution in [3.05, 3.63) is 59.8 Å². The molecule has 34 heavy (non-hydrogen) atoms. The first-order valence-electron chi connectivity index (χ1n) is 10.9. The fourth-order valence-corrected chi connectivity index (χ4v) is 3.81. The number of benzene rings is 2. The number of aryl methyl sites for hydroxylation is 1. The van der Waals surface area contributed by atoms with Gasteiger partial charge >= 0.3 is 6.03 Å². The number of aromatic nitrogens is 2. The normalized spacial score (nSPS) is 14.0. The van der Waals surface area contributed by atoms with Crippen LogP contribution in [0.3, 0.4) is 0 Å². The molecule has 0 bridgehead atoms. The van der Waals surface area contributed by atoms with Gasteiger partial charge in [-0.05, 0) is 55.6 Å². The highest BCUT2D eigenvalue weighted by atomic mass is 35.5. The monoisotopic (exact) mass is 482 g/mol. The Balaban J connectivity index is 1.47. The van der Waals surface area contributed by atoms with Crippen molar-refractivity contribution in [2.45, 2.75) is 0 Å². The van der Waals surface area contributed by atoms with Crippen molar-refractivity contribution < 1.29 is 14.3 Å². The minimum atomic E-state index is -0.391. The van der Waals surface area contributed by atoms with Crippen LogP contribution in [-0.2, 0) is 11.8 Å². The summed E-state index contributed by atoms with van der Waals surface area (Å²) in [6.07, 6.45) is 1.68. The lowest BCUT2D eigenvalue weighted by Crippen LogP contribution is -2.48. The summed E-state index contributed by atoms with van der Waals surface area (Å²) in [6.45, 7) is 3.03. The van der Waals surface area contributed by atoms with Gasteiger partial charge in [0.05, 0.1) is 5.69 Å². The topological polar surface area (TPSA) is 91.7 Å². The van der Waals surface area contributed by atoms with Crippen molar-refractivity contribution in [1.29, 1.82) is 0 Å². The van der Waals surface area contributed by atoms with E-state index in [4.69, 9.17) is 16.3 Å². The zero-order valence-electron chi connectivity index (χ0n) is 19.1. The van der Waals surface area contributed by atoms with E-state index in [0.29, 0.717) is 35.2 Å². The van der Waals surface area contributed by atoms with Crippen LogP contribution in [0.25, 0.3) is 11.3 Å². The summed E-state index contributed by atoms with van der Waals surface area (Å²) in [7, 11) is 3.87. The molecule has 1 saturated heterocycles. The van der Waals surface area contributed by atoms with Gasteiger partial charge in [0, 0.05) is 61.4 Å². The minimum Gasteiger partial charge on any atom is -0.483 e. The Kier molecular flexibility index (Phi) is 7.34. The number of urea groups is 1. The Bertz CT molecular complexity index is 1160. The Morgan fingerprint density at radius 3 is 2.32 bits per heavy atom. The van der Waals surface area contributed by atoms with Crippen LogP contribution in [0.15, 0.2) is 54.7 Å². The summed E-state index contributed by atoms with van der Waals surface area (Å²) in [4.78, 5) is 29.1. The largest absolute Gasteiger partial charge is 0.483 e. The maximum atomic E-state index is 12.6. The van der Waals surface area contributed by atoms with Gasteiger partial charge in [-0.3, -0.25) is 9.48 Å². The van der Waals surface area contributed by atoms with Crippen LogP contribution < -0.4 is 15.4 Å². The number of piperazine rings is 1. The zero-order valence-corrected chi connectivity index (χ0v) is 19.9. The summed E-state index contributed by atoms with van der Waals surface area (Å²) >= 11 is 5.89. The molecule has 3 aromatic rings. The number of rotatable bonds is 6. The number of hydrogen-bond donors (Lipinski definition) is 2. The number of nitrogens with one attached hydrogen (secondary N) is 2. The quantitative estimate of drug-likeness (QED) is 0.560. The predicted octanol–water partition coefficient (Wildman–Crippen LogP) is 3.54. The lowest BCUT2D eigenvalue weighted by Gasteiger charge is -2.32. The smallest absolute Gasteiger partial charge is 0.323 e. The van der Waals surface area contributed by atoms with Crippen LogP contribution >= 0.6 is 11.6 Å². The van der Waals surface area contributed by atoms with E-state index >= 15 is 0 Å². The minimum absolute atomic E-state index is 0.0476. The molecule has 0 atom stereocenters. The van der Waals surface area contributed by atoms with Crippen LogP contribution in [0, 0.1) is 0 Å². The molecule has 2 aromatic carbocycles. The molecule has 178 valence electrons. The molecule has 4 rings (SSSR count). The van der Waals surface area contributed by atoms with E-state index in [1.54, 1.807) is 53.3 Å². The molecule has 1 fully saturated rings. The number of amides is 3. The molecule has 3 amide bonds. The number of ether oxygens (including phenoxy) is 1. The summed E-state index contributed by atoms with van der Waals surface area (Å²) in [6, 6.07) is 13.6. The molecule has 0 saturated carbocycles. The van der Waals surface area contributed by atoms with Gasteiger partial charge in [-0.15, -0.1) is 0 Å². The molecule has 9 nitrogen and oxygen atoms in total. The van der Waals surface area contributed by atoms with E-state index < -0.39 is 6.03 Å². The Hall–Kier alpha value is -3.56. The molecule has 2 heterocycles. The number of carbonyl (C=O) groups excluding carboxylic acids is 2. The molecule has 0 unspecified atom stereocenters. The number of hydrogen-bond acceptors (Lipinski definition) is 5. The standard InChI is InChI=1S/C24H27ClN6O3/c1-29-11-13-31(14-12-29)23(32)16-34-22-8-7-19(15-20(22)21-9-10-26-30(21)2)28-24(33)27-18-5-3-17(25)4-6-18/h3-10,15H,11-14,16H2,1-2H3,(H2,27,28,33). The van der Waals surface area contributed by atoms with Crippen LogP contribution in [0.4, 0.5) is 16.2 Å². The second-order valence-corrected chi connectivity index (χ2v) is 8.55. The summed E-state index contributed by atoms with van der Waals surface area (Å²) in [5.41, 5.74) is 2.70. The number of likely N-dealkylation sites (N-methyl/N-ethyl adjacent to an activating group) is 1. The van der Waals surface area contributed by atoms with Gasteiger partial charge in [0.1, 0.15) is 5.75 Å². The van der Waals surface area contributed by atoms with Crippen molar-refractivity contribution in [1.82, 2.24) is 19.6 Å². The second-order valence-electron chi connectivity index (χ2n) is 8.11. The SMILES string of the molecule is CN1CCN(C(=O)COc2ccc(NC(=O)Nc3ccc(Cl)cc3)cc2-c2ccnn2C)CC1. The maximum absolute atomic E-state index is 12.6. The molecular formula is C24H27ClN6O3. The van der Waals surface area contributed by atoms with Crippen molar-refractivity contribution in [3.63, 3.8) is 0 Å². The fraction of sp³-hybridized carbons (Fsp3) is 0.292.